The van der Waals surface area contributed by atoms with Crippen LogP contribution in [0.2, 0.25) is 5.02 Å². The predicted molar refractivity (Wildman–Crippen MR) is 74.2 cm³/mol. The lowest BCUT2D eigenvalue weighted by atomic mass is 9.78. The van der Waals surface area contributed by atoms with E-state index in [-0.39, 0.29) is 11.9 Å². The molecule has 1 saturated carbocycles. The highest BCUT2D eigenvalue weighted by molar-refractivity contribution is 6.31. The van der Waals surface area contributed by atoms with Crippen molar-refractivity contribution < 1.29 is 4.39 Å². The van der Waals surface area contributed by atoms with Crippen molar-refractivity contribution in [2.75, 3.05) is 0 Å². The third-order valence-electron chi connectivity index (χ3n) is 4.14. The molecule has 3 heteroatoms. The van der Waals surface area contributed by atoms with E-state index in [1.54, 1.807) is 6.07 Å². The number of rotatable bonds is 3. The van der Waals surface area contributed by atoms with E-state index in [1.807, 2.05) is 0 Å². The molecule has 0 amide bonds. The normalized spacial score (nSPS) is 26.0. The van der Waals surface area contributed by atoms with E-state index >= 15 is 0 Å². The fourth-order valence-corrected chi connectivity index (χ4v) is 3.07. The van der Waals surface area contributed by atoms with Crippen LogP contribution in [0.25, 0.3) is 0 Å². The molecule has 0 aliphatic heterocycles. The number of benzene rings is 1. The summed E-state index contributed by atoms with van der Waals surface area (Å²) in [4.78, 5) is 0. The van der Waals surface area contributed by atoms with E-state index in [4.69, 9.17) is 17.3 Å². The molecule has 0 heterocycles. The summed E-state index contributed by atoms with van der Waals surface area (Å²) in [6, 6.07) is 4.72. The first-order valence-electron chi connectivity index (χ1n) is 6.75. The van der Waals surface area contributed by atoms with Crippen molar-refractivity contribution in [2.45, 2.75) is 45.1 Å². The van der Waals surface area contributed by atoms with Crippen LogP contribution in [-0.4, -0.2) is 6.04 Å². The van der Waals surface area contributed by atoms with Gasteiger partial charge in [0.15, 0.2) is 0 Å². The molecular weight excluding hydrogens is 249 g/mol. The average Bonchev–Trinajstić information content (AvgIpc) is 2.33. The maximum atomic E-state index is 13.0. The zero-order valence-electron chi connectivity index (χ0n) is 10.8. The Morgan fingerprint density at radius 1 is 1.33 bits per heavy atom. The first-order chi connectivity index (χ1) is 8.56. The molecule has 1 aromatic carbocycles. The summed E-state index contributed by atoms with van der Waals surface area (Å²) in [6.45, 7) is 2.30. The Bertz CT molecular complexity index is 399. The fourth-order valence-electron chi connectivity index (χ4n) is 2.82. The molecule has 0 aromatic heterocycles. The molecule has 2 rings (SSSR count). The molecule has 1 unspecified atom stereocenters. The first kappa shape index (κ1) is 13.8. The Balaban J connectivity index is 1.96. The number of hydrogen-bond donors (Lipinski definition) is 1. The summed E-state index contributed by atoms with van der Waals surface area (Å²) < 4.78 is 13.0. The lowest BCUT2D eigenvalue weighted by Crippen LogP contribution is -2.34. The second kappa shape index (κ2) is 6.03. The van der Waals surface area contributed by atoms with Gasteiger partial charge in [-0.25, -0.2) is 4.39 Å². The Labute approximate surface area is 114 Å². The molecule has 1 nitrogen and oxygen atoms in total. The van der Waals surface area contributed by atoms with E-state index in [0.717, 1.165) is 17.9 Å². The van der Waals surface area contributed by atoms with Gasteiger partial charge in [-0.1, -0.05) is 37.4 Å². The summed E-state index contributed by atoms with van der Waals surface area (Å²) in [7, 11) is 0. The molecule has 2 N–H and O–H groups in total. The van der Waals surface area contributed by atoms with Gasteiger partial charge >= 0.3 is 0 Å². The minimum atomic E-state index is -0.288. The quantitative estimate of drug-likeness (QED) is 0.875. The Morgan fingerprint density at radius 3 is 2.61 bits per heavy atom. The van der Waals surface area contributed by atoms with Crippen LogP contribution in [0, 0.1) is 17.7 Å². The van der Waals surface area contributed by atoms with Gasteiger partial charge in [0, 0.05) is 11.1 Å². The maximum Gasteiger partial charge on any atom is 0.124 e. The van der Waals surface area contributed by atoms with Crippen LogP contribution >= 0.6 is 11.6 Å². The van der Waals surface area contributed by atoms with Crippen molar-refractivity contribution in [3.8, 4) is 0 Å². The first-order valence-corrected chi connectivity index (χ1v) is 7.13. The number of halogens is 2. The molecule has 0 spiro atoms. The van der Waals surface area contributed by atoms with Crippen molar-refractivity contribution in [3.05, 3.63) is 34.6 Å². The minimum Gasteiger partial charge on any atom is -0.327 e. The average molecular weight is 270 g/mol. The van der Waals surface area contributed by atoms with Crippen LogP contribution in [-0.2, 0) is 6.42 Å². The van der Waals surface area contributed by atoms with Crippen molar-refractivity contribution in [1.29, 1.82) is 0 Å². The molecule has 1 aromatic rings. The molecule has 1 fully saturated rings. The lowest BCUT2D eigenvalue weighted by Gasteiger charge is -2.30. The highest BCUT2D eigenvalue weighted by atomic mass is 35.5. The standard InChI is InChI=1S/C15H21ClFN/c1-10-2-4-11(5-3-10)15(18)8-12-6-7-13(17)9-14(12)16/h6-7,9-11,15H,2-5,8,18H2,1H3. The van der Waals surface area contributed by atoms with Crippen molar-refractivity contribution in [3.63, 3.8) is 0 Å². The van der Waals surface area contributed by atoms with E-state index in [2.05, 4.69) is 6.92 Å². The molecular formula is C15H21ClFN. The van der Waals surface area contributed by atoms with Crippen LogP contribution in [0.15, 0.2) is 18.2 Å². The fraction of sp³-hybridized carbons (Fsp3) is 0.600. The van der Waals surface area contributed by atoms with Gasteiger partial charge in [-0.3, -0.25) is 0 Å². The lowest BCUT2D eigenvalue weighted by molar-refractivity contribution is 0.253. The third-order valence-corrected chi connectivity index (χ3v) is 4.49. The van der Waals surface area contributed by atoms with Crippen molar-refractivity contribution >= 4 is 11.6 Å². The highest BCUT2D eigenvalue weighted by Gasteiger charge is 2.24. The van der Waals surface area contributed by atoms with Crippen LogP contribution in [0.4, 0.5) is 4.39 Å². The Morgan fingerprint density at radius 2 is 2.00 bits per heavy atom. The van der Waals surface area contributed by atoms with Gasteiger partial charge in [0.1, 0.15) is 5.82 Å². The summed E-state index contributed by atoms with van der Waals surface area (Å²) >= 11 is 6.04. The number of hydrogen-bond acceptors (Lipinski definition) is 1. The summed E-state index contributed by atoms with van der Waals surface area (Å²) in [5, 5.41) is 0.495. The second-order valence-electron chi connectivity index (χ2n) is 5.62. The monoisotopic (exact) mass is 269 g/mol. The maximum absolute atomic E-state index is 13.0. The Hall–Kier alpha value is -0.600. The van der Waals surface area contributed by atoms with Crippen LogP contribution in [0.1, 0.15) is 38.2 Å². The van der Waals surface area contributed by atoms with Crippen LogP contribution < -0.4 is 5.73 Å². The largest absolute Gasteiger partial charge is 0.327 e. The highest BCUT2D eigenvalue weighted by Crippen LogP contribution is 2.31. The Kier molecular flexibility index (Phi) is 4.63. The van der Waals surface area contributed by atoms with E-state index in [0.29, 0.717) is 10.9 Å². The summed E-state index contributed by atoms with van der Waals surface area (Å²) in [5.41, 5.74) is 7.24. The topological polar surface area (TPSA) is 26.0 Å². The summed E-state index contributed by atoms with van der Waals surface area (Å²) in [5.74, 6) is 1.13. The van der Waals surface area contributed by atoms with Gasteiger partial charge < -0.3 is 5.73 Å². The zero-order chi connectivity index (χ0) is 13.1. The van der Waals surface area contributed by atoms with Crippen LogP contribution in [0.5, 0.6) is 0 Å². The van der Waals surface area contributed by atoms with Crippen molar-refractivity contribution in [2.24, 2.45) is 17.6 Å². The zero-order valence-corrected chi connectivity index (χ0v) is 11.6. The molecule has 1 atom stereocenters. The van der Waals surface area contributed by atoms with Gasteiger partial charge in [-0.2, -0.15) is 0 Å². The van der Waals surface area contributed by atoms with Gasteiger partial charge in [-0.15, -0.1) is 0 Å². The van der Waals surface area contributed by atoms with Crippen molar-refractivity contribution in [1.82, 2.24) is 0 Å². The third kappa shape index (κ3) is 3.46. The van der Waals surface area contributed by atoms with Gasteiger partial charge in [0.2, 0.25) is 0 Å². The SMILES string of the molecule is CC1CCC(C(N)Cc2ccc(F)cc2Cl)CC1. The van der Waals surface area contributed by atoms with Gasteiger partial charge in [0.05, 0.1) is 0 Å². The molecule has 0 saturated heterocycles. The van der Waals surface area contributed by atoms with E-state index in [9.17, 15) is 4.39 Å². The molecule has 1 aliphatic carbocycles. The van der Waals surface area contributed by atoms with E-state index in [1.165, 1.54) is 37.8 Å². The van der Waals surface area contributed by atoms with Gasteiger partial charge in [-0.05, 0) is 48.8 Å². The van der Waals surface area contributed by atoms with Gasteiger partial charge in [0.25, 0.3) is 0 Å². The molecule has 18 heavy (non-hydrogen) atoms. The molecule has 1 aliphatic rings. The molecule has 0 bridgehead atoms. The van der Waals surface area contributed by atoms with E-state index < -0.39 is 0 Å². The smallest absolute Gasteiger partial charge is 0.124 e. The predicted octanol–water partition coefficient (Wildman–Crippen LogP) is 4.18. The minimum absolute atomic E-state index is 0.139. The summed E-state index contributed by atoms with van der Waals surface area (Å²) in [6.07, 6.45) is 5.71. The molecule has 0 radical (unpaired) electrons. The van der Waals surface area contributed by atoms with Crippen LogP contribution in [0.3, 0.4) is 0 Å². The molecule has 100 valence electrons. The second-order valence-corrected chi connectivity index (χ2v) is 6.03. The number of nitrogens with two attached hydrogens (primary N) is 1.